The minimum Gasteiger partial charge on any atom is -0.382 e. The molecule has 0 spiro atoms. The second-order valence-electron chi connectivity index (χ2n) is 18.5. The van der Waals surface area contributed by atoms with Gasteiger partial charge in [-0.2, -0.15) is 26.3 Å². The molecule has 18 nitrogen and oxygen atoms in total. The first kappa shape index (κ1) is 66.6. The standard InChI is InChI=1S/C26H20Cl3F3N4O4S.C26H21Cl2F3N4O5S.Cl2OS/c1-14-11-19(26(30,31)32)34-24-16(14)12-18(36(24)41(38,39)15-5-3-2-4-6-15)21(28)20-17(27)13-33-23(22(20)29)25(37)35-7-9-40-10-8-35;1-14-11-19(26(29,30)31)33-24-16(14)12-18(35(24)41(38,39)15-5-3-2-4-6-15)23(36)20-17(27)13-32-22(21(20)28)25(37)34-7-9-40-10-8-34;1-4(2)3/h2-6,11-13,21H,7-10H2,1H3;2-6,11-13,23,36H,7-10H2,1H3;. The Hall–Kier alpha value is -5.40. The van der Waals surface area contributed by atoms with E-state index in [9.17, 15) is 57.9 Å². The van der Waals surface area contributed by atoms with Crippen LogP contribution in [0, 0.1) is 13.8 Å². The molecule has 8 heterocycles. The highest BCUT2D eigenvalue weighted by molar-refractivity contribution is 8.26. The van der Waals surface area contributed by atoms with Crippen molar-refractivity contribution >= 4 is 143 Å². The van der Waals surface area contributed by atoms with Gasteiger partial charge in [-0.15, -0.1) is 11.6 Å². The number of aliphatic hydroxyl groups is 1. The van der Waals surface area contributed by atoms with E-state index < -0.39 is 93.3 Å². The molecule has 1 N–H and O–H groups in total. The van der Waals surface area contributed by atoms with Crippen LogP contribution in [-0.2, 0) is 51.1 Å². The molecule has 8 aromatic rings. The van der Waals surface area contributed by atoms with Gasteiger partial charge in [-0.3, -0.25) is 9.59 Å². The van der Waals surface area contributed by atoms with E-state index in [-0.39, 0.29) is 93.1 Å². The van der Waals surface area contributed by atoms with E-state index in [1.807, 2.05) is 0 Å². The second kappa shape index (κ2) is 26.7. The number of morpholine rings is 2. The predicted molar refractivity (Wildman–Crippen MR) is 311 cm³/mol. The van der Waals surface area contributed by atoms with E-state index in [1.54, 1.807) is 12.1 Å². The van der Waals surface area contributed by atoms with Crippen LogP contribution >= 0.6 is 79.4 Å². The van der Waals surface area contributed by atoms with Crippen molar-refractivity contribution in [3.8, 4) is 0 Å². The summed E-state index contributed by atoms with van der Waals surface area (Å²) >= 11 is 32.9. The van der Waals surface area contributed by atoms with Gasteiger partial charge in [-0.05, 0) is 73.5 Å². The lowest BCUT2D eigenvalue weighted by atomic mass is 10.1. The fourth-order valence-corrected chi connectivity index (χ4v) is 13.9. The van der Waals surface area contributed by atoms with Crippen molar-refractivity contribution in [3.63, 3.8) is 0 Å². The molecule has 458 valence electrons. The molecular weight excluding hydrogens is 1350 g/mol. The number of rotatable bonds is 10. The number of carbonyl (C=O) groups is 2. The van der Waals surface area contributed by atoms with Crippen LogP contribution in [0.4, 0.5) is 26.3 Å². The van der Waals surface area contributed by atoms with Gasteiger partial charge in [0, 0.05) is 81.8 Å². The van der Waals surface area contributed by atoms with Gasteiger partial charge in [-0.25, -0.2) is 48.9 Å². The average molecular weight is 1400 g/mol. The fraction of sp³-hybridized carbons (Fsp3) is 0.269. The van der Waals surface area contributed by atoms with Crippen LogP contribution < -0.4 is 0 Å². The minimum absolute atomic E-state index is 0.0392. The Morgan fingerprint density at radius 3 is 1.34 bits per heavy atom. The molecule has 0 aliphatic carbocycles. The van der Waals surface area contributed by atoms with Gasteiger partial charge in [-0.1, -0.05) is 82.8 Å². The Bertz CT molecular complexity index is 3900. The van der Waals surface area contributed by atoms with Crippen LogP contribution in [0.3, 0.4) is 0 Å². The van der Waals surface area contributed by atoms with E-state index in [4.69, 9.17) is 71.7 Å². The molecule has 2 atom stereocenters. The largest absolute Gasteiger partial charge is 0.433 e. The third-order valence-corrected chi connectivity index (χ3v) is 18.4. The lowest BCUT2D eigenvalue weighted by Gasteiger charge is -2.27. The topological polar surface area (TPSA) is 226 Å². The first-order chi connectivity index (χ1) is 40.4. The molecule has 2 saturated heterocycles. The maximum absolute atomic E-state index is 13.9. The van der Waals surface area contributed by atoms with E-state index in [0.29, 0.717) is 47.5 Å². The molecule has 2 aliphatic rings. The molecular formula is C52H41Cl7F6N8O10S3. The summed E-state index contributed by atoms with van der Waals surface area (Å²) in [5.74, 6) is -1.07. The fourth-order valence-electron chi connectivity index (χ4n) is 9.08. The number of aryl methyl sites for hydroxylation is 2. The summed E-state index contributed by atoms with van der Waals surface area (Å²) in [7, 11) is -1.80. The summed E-state index contributed by atoms with van der Waals surface area (Å²) < 4.78 is 159. The number of nitrogens with zero attached hydrogens (tertiary/aromatic N) is 8. The monoisotopic (exact) mass is 1390 g/mol. The number of fused-ring (bicyclic) bond motifs is 2. The Kier molecular flexibility index (Phi) is 20.7. The summed E-state index contributed by atoms with van der Waals surface area (Å²) in [5, 5.41) is 9.48. The van der Waals surface area contributed by atoms with Crippen molar-refractivity contribution < 1.29 is 71.6 Å². The van der Waals surface area contributed by atoms with Gasteiger partial charge in [0.05, 0.1) is 67.7 Å². The molecule has 2 aromatic carbocycles. The van der Waals surface area contributed by atoms with Crippen molar-refractivity contribution in [2.75, 3.05) is 52.6 Å². The molecule has 2 aliphatic heterocycles. The Morgan fingerprint density at radius 1 is 0.605 bits per heavy atom. The number of alkyl halides is 7. The summed E-state index contributed by atoms with van der Waals surface area (Å²) in [6, 6.07) is 18.2. The number of ether oxygens (including phenoxy) is 2. The number of amides is 2. The second-order valence-corrected chi connectivity index (χ2v) is 26.7. The highest BCUT2D eigenvalue weighted by Gasteiger charge is 2.40. The van der Waals surface area contributed by atoms with Crippen LogP contribution in [0.25, 0.3) is 22.1 Å². The SMILES string of the molecule is Cc1cc(C(F)(F)F)nc2c1cc(C(Cl)c1c(Cl)cnc(C(=O)N3CCOCC3)c1Cl)n2S(=O)(=O)c1ccccc1.Cc1cc(C(F)(F)F)nc2c1cc(C(O)c1c(Cl)cnc(C(=O)N3CCOCC3)c1Cl)n2S(=O)(=O)c1ccccc1.O=S(Cl)Cl. The molecule has 2 fully saturated rings. The summed E-state index contributed by atoms with van der Waals surface area (Å²) in [5.41, 5.74) is -4.71. The molecule has 2 amide bonds. The minimum atomic E-state index is -4.88. The van der Waals surface area contributed by atoms with E-state index >= 15 is 0 Å². The van der Waals surface area contributed by atoms with Crippen molar-refractivity contribution in [2.45, 2.75) is 47.5 Å². The third kappa shape index (κ3) is 13.9. The number of halogens is 13. The van der Waals surface area contributed by atoms with Crippen molar-refractivity contribution in [1.82, 2.24) is 37.7 Å². The van der Waals surface area contributed by atoms with Crippen LogP contribution in [0.2, 0.25) is 20.1 Å². The molecule has 86 heavy (non-hydrogen) atoms. The highest BCUT2D eigenvalue weighted by Crippen LogP contribution is 2.45. The van der Waals surface area contributed by atoms with E-state index in [0.717, 1.165) is 24.5 Å². The average Bonchev–Trinajstić information content (AvgIpc) is 1.65. The van der Waals surface area contributed by atoms with Gasteiger partial charge in [0.2, 0.25) is 9.23 Å². The molecule has 2 unspecified atom stereocenters. The Balaban J connectivity index is 0.000000210. The number of hydrogen-bond acceptors (Lipinski definition) is 14. The predicted octanol–water partition coefficient (Wildman–Crippen LogP) is 12.0. The molecule has 34 heteroatoms. The highest BCUT2D eigenvalue weighted by atomic mass is 36.0. The number of pyridine rings is 4. The lowest BCUT2D eigenvalue weighted by molar-refractivity contribution is -0.141. The number of benzene rings is 2. The van der Waals surface area contributed by atoms with Crippen molar-refractivity contribution in [3.05, 3.63) is 174 Å². The van der Waals surface area contributed by atoms with E-state index in [2.05, 4.69) is 41.3 Å². The molecule has 0 saturated carbocycles. The number of aromatic nitrogens is 6. The zero-order valence-corrected chi connectivity index (χ0v) is 51.6. The smallest absolute Gasteiger partial charge is 0.382 e. The first-order valence-corrected chi connectivity index (χ1v) is 32.3. The maximum atomic E-state index is 13.9. The van der Waals surface area contributed by atoms with E-state index in [1.165, 1.54) is 84.3 Å². The maximum Gasteiger partial charge on any atom is 0.433 e. The molecule has 0 radical (unpaired) electrons. The summed E-state index contributed by atoms with van der Waals surface area (Å²) in [6.45, 7) is 5.16. The van der Waals surface area contributed by atoms with Gasteiger partial charge < -0.3 is 24.4 Å². The quantitative estimate of drug-likeness (QED) is 0.0764. The van der Waals surface area contributed by atoms with Crippen LogP contribution in [-0.4, -0.2) is 128 Å². The van der Waals surface area contributed by atoms with Crippen molar-refractivity contribution in [1.29, 1.82) is 0 Å². The van der Waals surface area contributed by atoms with Gasteiger partial charge in [0.25, 0.3) is 31.9 Å². The third-order valence-electron chi connectivity index (χ3n) is 13.2. The summed E-state index contributed by atoms with van der Waals surface area (Å²) in [6.07, 6.45) is -9.40. The molecule has 6 aromatic heterocycles. The zero-order valence-electron chi connectivity index (χ0n) is 43.9. The Morgan fingerprint density at radius 2 is 0.953 bits per heavy atom. The number of aliphatic hydroxyl groups excluding tert-OH is 1. The first-order valence-electron chi connectivity index (χ1n) is 24.7. The normalized spacial score (nSPS) is 15.0. The molecule has 10 rings (SSSR count). The van der Waals surface area contributed by atoms with Gasteiger partial charge >= 0.3 is 12.4 Å². The lowest BCUT2D eigenvalue weighted by Crippen LogP contribution is -2.41. The Labute approximate surface area is 522 Å². The van der Waals surface area contributed by atoms with Crippen molar-refractivity contribution in [2.24, 2.45) is 0 Å². The number of carbonyl (C=O) groups excluding carboxylic acids is 2. The summed E-state index contributed by atoms with van der Waals surface area (Å²) in [4.78, 5) is 44.3. The van der Waals surface area contributed by atoms with Gasteiger partial charge in [0.1, 0.15) is 34.3 Å². The molecule has 0 bridgehead atoms. The van der Waals surface area contributed by atoms with Gasteiger partial charge in [0.15, 0.2) is 11.3 Å². The van der Waals surface area contributed by atoms with Crippen LogP contribution in [0.15, 0.2) is 107 Å². The zero-order chi connectivity index (χ0) is 63.0. The van der Waals surface area contributed by atoms with Crippen LogP contribution in [0.5, 0.6) is 0 Å². The number of hydrogen-bond donors (Lipinski definition) is 1. The van der Waals surface area contributed by atoms with Crippen LogP contribution in [0.1, 0.15) is 77.5 Å².